The Kier molecular flexibility index (Phi) is 14.1. The largest absolute Gasteiger partial charge is 0.467 e. The lowest BCUT2D eigenvalue weighted by molar-refractivity contribution is -0.169. The number of rotatable bonds is 15. The summed E-state index contributed by atoms with van der Waals surface area (Å²) >= 11 is 0. The zero-order valence-corrected chi connectivity index (χ0v) is 15.5. The Labute approximate surface area is 154 Å². The van der Waals surface area contributed by atoms with E-state index < -0.39 is 36.3 Å². The van der Waals surface area contributed by atoms with Crippen molar-refractivity contribution in [3.05, 3.63) is 0 Å². The Bertz CT molecular complexity index is 395. The number of esters is 1. The van der Waals surface area contributed by atoms with Crippen molar-refractivity contribution in [1.29, 1.82) is 0 Å². The average Bonchev–Trinajstić information content (AvgIpc) is 2.66. The summed E-state index contributed by atoms with van der Waals surface area (Å²) < 4.78 is 4.21. The van der Waals surface area contributed by atoms with E-state index in [1.54, 1.807) is 0 Å². The second kappa shape index (κ2) is 14.9. The maximum absolute atomic E-state index is 11.7. The van der Waals surface area contributed by atoms with Gasteiger partial charge in [0.25, 0.3) is 5.91 Å². The number of hydrogen-bond acceptors (Lipinski definition) is 8. The van der Waals surface area contributed by atoms with Crippen molar-refractivity contribution in [3.8, 4) is 0 Å². The summed E-state index contributed by atoms with van der Waals surface area (Å²) in [6, 6.07) is 0. The molecule has 0 fully saturated rings. The zero-order chi connectivity index (χ0) is 19.9. The number of carbonyl (C=O) groups is 2. The minimum Gasteiger partial charge on any atom is -0.467 e. The molecule has 0 aliphatic heterocycles. The predicted octanol–water partition coefficient (Wildman–Crippen LogP) is -1.20. The quantitative estimate of drug-likeness (QED) is 0.153. The smallest absolute Gasteiger partial charge is 0.337 e. The zero-order valence-electron chi connectivity index (χ0n) is 15.5. The van der Waals surface area contributed by atoms with Gasteiger partial charge in [0.15, 0.2) is 12.2 Å². The number of nitrogens with one attached hydrogen (secondary N) is 1. The van der Waals surface area contributed by atoms with Crippen molar-refractivity contribution >= 4 is 11.9 Å². The van der Waals surface area contributed by atoms with Crippen LogP contribution in [0.15, 0.2) is 0 Å². The third-order valence-corrected chi connectivity index (χ3v) is 4.14. The Morgan fingerprint density at radius 2 is 1.31 bits per heavy atom. The van der Waals surface area contributed by atoms with Gasteiger partial charge in [0, 0.05) is 6.54 Å². The van der Waals surface area contributed by atoms with E-state index in [4.69, 9.17) is 5.73 Å². The van der Waals surface area contributed by atoms with Crippen LogP contribution < -0.4 is 11.1 Å². The lowest BCUT2D eigenvalue weighted by atomic mass is 10.0. The standard InChI is InChI=1S/C17H34N2O7/c1-26-17(25)15(23)13(21)12(20)14(22)16(24)19-11-9-7-5-3-2-4-6-8-10-18/h12-15,20-23H,2-11,18H2,1H3,(H,19,24)/t12-,13-,14-,15+/m0/s1. The Morgan fingerprint density at radius 3 is 1.81 bits per heavy atom. The molecule has 0 aromatic carbocycles. The Morgan fingerprint density at radius 1 is 0.846 bits per heavy atom. The molecule has 0 aliphatic rings. The molecule has 0 aromatic rings. The lowest BCUT2D eigenvalue weighted by Crippen LogP contribution is -2.52. The molecular weight excluding hydrogens is 344 g/mol. The molecule has 154 valence electrons. The molecule has 0 aromatic heterocycles. The van der Waals surface area contributed by atoms with Crippen molar-refractivity contribution in [1.82, 2.24) is 5.32 Å². The molecule has 0 rings (SSSR count). The number of amides is 1. The molecule has 26 heavy (non-hydrogen) atoms. The fourth-order valence-corrected chi connectivity index (χ4v) is 2.43. The summed E-state index contributed by atoms with van der Waals surface area (Å²) in [6.45, 7) is 1.06. The number of hydrogen-bond donors (Lipinski definition) is 6. The first-order valence-corrected chi connectivity index (χ1v) is 9.14. The molecule has 9 nitrogen and oxygen atoms in total. The molecular formula is C17H34N2O7. The number of ether oxygens (including phenoxy) is 1. The van der Waals surface area contributed by atoms with Gasteiger partial charge >= 0.3 is 5.97 Å². The van der Waals surface area contributed by atoms with Gasteiger partial charge in [-0.2, -0.15) is 0 Å². The first kappa shape index (κ1) is 24.7. The summed E-state index contributed by atoms with van der Waals surface area (Å²) in [7, 11) is 0.994. The van der Waals surface area contributed by atoms with Crippen LogP contribution in [0.1, 0.15) is 51.4 Å². The highest BCUT2D eigenvalue weighted by Gasteiger charge is 2.37. The van der Waals surface area contributed by atoms with Crippen molar-refractivity contribution in [2.24, 2.45) is 5.73 Å². The number of carbonyl (C=O) groups excluding carboxylic acids is 2. The van der Waals surface area contributed by atoms with Gasteiger partial charge in [0.05, 0.1) is 7.11 Å². The third-order valence-electron chi connectivity index (χ3n) is 4.14. The molecule has 4 atom stereocenters. The van der Waals surface area contributed by atoms with Gasteiger partial charge in [0.1, 0.15) is 12.2 Å². The van der Waals surface area contributed by atoms with E-state index in [0.29, 0.717) is 6.54 Å². The van der Waals surface area contributed by atoms with E-state index in [1.165, 1.54) is 6.42 Å². The SMILES string of the molecule is COC(=O)[C@H](O)[C@@H](O)[C@H](O)[C@H](O)C(=O)NCCCCCCCCCCN. The molecule has 0 heterocycles. The topological polar surface area (TPSA) is 162 Å². The van der Waals surface area contributed by atoms with Crippen LogP contribution in [0.3, 0.4) is 0 Å². The normalized spacial score (nSPS) is 15.8. The maximum atomic E-state index is 11.7. The Hall–Kier alpha value is -1.26. The second-order valence-corrected chi connectivity index (χ2v) is 6.30. The molecule has 0 spiro atoms. The average molecular weight is 378 g/mol. The van der Waals surface area contributed by atoms with Crippen LogP contribution in [0.25, 0.3) is 0 Å². The fraction of sp³-hybridized carbons (Fsp3) is 0.882. The number of methoxy groups -OCH3 is 1. The molecule has 7 N–H and O–H groups in total. The number of aliphatic hydroxyl groups is 4. The summed E-state index contributed by atoms with van der Waals surface area (Å²) in [6.07, 6.45) is 0.314. The molecule has 0 aliphatic carbocycles. The number of nitrogens with two attached hydrogens (primary N) is 1. The molecule has 0 unspecified atom stereocenters. The van der Waals surface area contributed by atoms with Crippen molar-refractivity contribution in [2.75, 3.05) is 20.2 Å². The maximum Gasteiger partial charge on any atom is 0.337 e. The van der Waals surface area contributed by atoms with E-state index in [2.05, 4.69) is 10.1 Å². The first-order valence-electron chi connectivity index (χ1n) is 9.14. The minimum absolute atomic E-state index is 0.325. The van der Waals surface area contributed by atoms with Crippen LogP contribution in [0, 0.1) is 0 Å². The minimum atomic E-state index is -2.05. The Balaban J connectivity index is 3.89. The van der Waals surface area contributed by atoms with Crippen LogP contribution >= 0.6 is 0 Å². The van der Waals surface area contributed by atoms with Crippen LogP contribution in [-0.4, -0.2) is 76.9 Å². The summed E-state index contributed by atoms with van der Waals surface area (Å²) in [5.41, 5.74) is 5.42. The van der Waals surface area contributed by atoms with Crippen molar-refractivity contribution < 1.29 is 34.8 Å². The van der Waals surface area contributed by atoms with Gasteiger partial charge in [-0.15, -0.1) is 0 Å². The lowest BCUT2D eigenvalue weighted by Gasteiger charge is -2.24. The van der Waals surface area contributed by atoms with Crippen LogP contribution in [0.2, 0.25) is 0 Å². The van der Waals surface area contributed by atoms with E-state index in [-0.39, 0.29) is 0 Å². The van der Waals surface area contributed by atoms with E-state index in [9.17, 15) is 30.0 Å². The van der Waals surface area contributed by atoms with Crippen LogP contribution in [0.5, 0.6) is 0 Å². The molecule has 0 radical (unpaired) electrons. The van der Waals surface area contributed by atoms with Gasteiger partial charge in [0.2, 0.25) is 0 Å². The monoisotopic (exact) mass is 378 g/mol. The van der Waals surface area contributed by atoms with E-state index >= 15 is 0 Å². The molecule has 0 saturated carbocycles. The second-order valence-electron chi connectivity index (χ2n) is 6.30. The number of unbranched alkanes of at least 4 members (excludes halogenated alkanes) is 7. The van der Waals surface area contributed by atoms with E-state index in [0.717, 1.165) is 58.6 Å². The van der Waals surface area contributed by atoms with Crippen LogP contribution in [0.4, 0.5) is 0 Å². The van der Waals surface area contributed by atoms with Gasteiger partial charge < -0.3 is 36.2 Å². The molecule has 9 heteroatoms. The first-order chi connectivity index (χ1) is 12.4. The highest BCUT2D eigenvalue weighted by atomic mass is 16.5. The van der Waals surface area contributed by atoms with Crippen molar-refractivity contribution in [2.45, 2.75) is 75.8 Å². The number of aliphatic hydroxyl groups excluding tert-OH is 4. The highest BCUT2D eigenvalue weighted by molar-refractivity contribution is 5.81. The fourth-order valence-electron chi connectivity index (χ4n) is 2.43. The van der Waals surface area contributed by atoms with Crippen LogP contribution in [-0.2, 0) is 14.3 Å². The van der Waals surface area contributed by atoms with Gasteiger partial charge in [-0.05, 0) is 19.4 Å². The summed E-state index contributed by atoms with van der Waals surface area (Å²) in [4.78, 5) is 22.8. The van der Waals surface area contributed by atoms with E-state index in [1.807, 2.05) is 0 Å². The van der Waals surface area contributed by atoms with Gasteiger partial charge in [-0.1, -0.05) is 38.5 Å². The molecule has 1 amide bonds. The third kappa shape index (κ3) is 10.0. The van der Waals surface area contributed by atoms with Crippen molar-refractivity contribution in [3.63, 3.8) is 0 Å². The van der Waals surface area contributed by atoms with Gasteiger partial charge in [-0.25, -0.2) is 4.79 Å². The molecule has 0 saturated heterocycles. The predicted molar refractivity (Wildman–Crippen MR) is 95.0 cm³/mol. The highest BCUT2D eigenvalue weighted by Crippen LogP contribution is 2.09. The summed E-state index contributed by atoms with van der Waals surface area (Å²) in [5.74, 6) is -2.05. The summed E-state index contributed by atoms with van der Waals surface area (Å²) in [5, 5.41) is 40.9. The van der Waals surface area contributed by atoms with Gasteiger partial charge in [-0.3, -0.25) is 4.79 Å². The molecule has 0 bridgehead atoms.